The van der Waals surface area contributed by atoms with Crippen LogP contribution in [0.25, 0.3) is 0 Å². The van der Waals surface area contributed by atoms with Crippen molar-refractivity contribution < 1.29 is 18.3 Å². The van der Waals surface area contributed by atoms with Gasteiger partial charge in [-0.05, 0) is 23.3 Å². The summed E-state index contributed by atoms with van der Waals surface area (Å²) in [4.78, 5) is 13.0. The lowest BCUT2D eigenvalue weighted by atomic mass is 9.90. The number of halogens is 2. The van der Waals surface area contributed by atoms with Crippen LogP contribution in [0.2, 0.25) is 0 Å². The molecule has 3 rings (SSSR count). The first-order valence-electron chi connectivity index (χ1n) is 8.10. The van der Waals surface area contributed by atoms with Crippen LogP contribution in [-0.2, 0) is 4.79 Å². The summed E-state index contributed by atoms with van der Waals surface area (Å²) in [5, 5.41) is 2.72. The van der Waals surface area contributed by atoms with Crippen molar-refractivity contribution in [2.75, 3.05) is 5.32 Å². The molecule has 0 atom stereocenters. The van der Waals surface area contributed by atoms with Gasteiger partial charge in [0.1, 0.15) is 5.75 Å². The normalized spacial score (nSPS) is 10.8. The second-order valence-corrected chi connectivity index (χ2v) is 5.62. The van der Waals surface area contributed by atoms with Gasteiger partial charge in [-0.25, -0.2) is 0 Å². The van der Waals surface area contributed by atoms with Crippen molar-refractivity contribution in [3.8, 4) is 5.75 Å². The monoisotopic (exact) mass is 353 g/mol. The minimum atomic E-state index is -2.97. The molecule has 0 fully saturated rings. The van der Waals surface area contributed by atoms with Gasteiger partial charge in [-0.3, -0.25) is 4.79 Å². The zero-order chi connectivity index (χ0) is 18.4. The van der Waals surface area contributed by atoms with Gasteiger partial charge in [0, 0.05) is 0 Å². The minimum Gasteiger partial charge on any atom is -0.433 e. The number of amides is 1. The molecule has 3 aromatic carbocycles. The molecule has 0 aliphatic heterocycles. The maximum Gasteiger partial charge on any atom is 0.387 e. The maximum atomic E-state index is 13.0. The third-order valence-electron chi connectivity index (χ3n) is 3.89. The smallest absolute Gasteiger partial charge is 0.387 e. The zero-order valence-electron chi connectivity index (χ0n) is 13.8. The Morgan fingerprint density at radius 3 is 1.81 bits per heavy atom. The molecule has 0 saturated carbocycles. The molecule has 0 aromatic heterocycles. The van der Waals surface area contributed by atoms with E-state index < -0.39 is 12.5 Å². The molecule has 0 unspecified atom stereocenters. The molecule has 1 amide bonds. The van der Waals surface area contributed by atoms with E-state index in [-0.39, 0.29) is 17.3 Å². The summed E-state index contributed by atoms with van der Waals surface area (Å²) in [5.74, 6) is -0.972. The van der Waals surface area contributed by atoms with E-state index in [1.807, 2.05) is 60.7 Å². The predicted octanol–water partition coefficient (Wildman–Crippen LogP) is 5.06. The summed E-state index contributed by atoms with van der Waals surface area (Å²) in [7, 11) is 0. The number of anilines is 1. The third-order valence-corrected chi connectivity index (χ3v) is 3.89. The van der Waals surface area contributed by atoms with Crippen molar-refractivity contribution in [1.82, 2.24) is 0 Å². The number of hydrogen-bond donors (Lipinski definition) is 1. The molecule has 0 aliphatic carbocycles. The van der Waals surface area contributed by atoms with Crippen LogP contribution in [-0.4, -0.2) is 12.5 Å². The molecule has 5 heteroatoms. The average molecular weight is 353 g/mol. The summed E-state index contributed by atoms with van der Waals surface area (Å²) >= 11 is 0. The highest BCUT2D eigenvalue weighted by Crippen LogP contribution is 2.30. The van der Waals surface area contributed by atoms with Gasteiger partial charge >= 0.3 is 6.61 Å². The quantitative estimate of drug-likeness (QED) is 0.673. The van der Waals surface area contributed by atoms with Crippen molar-refractivity contribution in [3.63, 3.8) is 0 Å². The van der Waals surface area contributed by atoms with Gasteiger partial charge < -0.3 is 10.1 Å². The zero-order valence-corrected chi connectivity index (χ0v) is 13.8. The number of benzene rings is 3. The third kappa shape index (κ3) is 4.25. The van der Waals surface area contributed by atoms with Crippen LogP contribution in [0.1, 0.15) is 17.0 Å². The van der Waals surface area contributed by atoms with Crippen molar-refractivity contribution >= 4 is 11.6 Å². The van der Waals surface area contributed by atoms with Crippen LogP contribution < -0.4 is 10.1 Å². The lowest BCUT2D eigenvalue weighted by molar-refractivity contribution is -0.116. The van der Waals surface area contributed by atoms with E-state index in [1.54, 1.807) is 12.1 Å². The van der Waals surface area contributed by atoms with Gasteiger partial charge in [0.05, 0.1) is 11.6 Å². The van der Waals surface area contributed by atoms with Crippen LogP contribution in [0, 0.1) is 0 Å². The van der Waals surface area contributed by atoms with Crippen molar-refractivity contribution in [1.29, 1.82) is 0 Å². The number of rotatable bonds is 6. The Labute approximate surface area is 150 Å². The summed E-state index contributed by atoms with van der Waals surface area (Å²) in [6.07, 6.45) is 0. The molecule has 0 radical (unpaired) electrons. The Balaban J connectivity index is 1.92. The Kier molecular flexibility index (Phi) is 5.59. The van der Waals surface area contributed by atoms with Crippen LogP contribution in [0.5, 0.6) is 5.75 Å². The molecule has 0 saturated heterocycles. The van der Waals surface area contributed by atoms with E-state index >= 15 is 0 Å². The van der Waals surface area contributed by atoms with E-state index in [9.17, 15) is 13.6 Å². The molecule has 0 aliphatic rings. The van der Waals surface area contributed by atoms with E-state index in [2.05, 4.69) is 10.1 Å². The molecule has 0 spiro atoms. The molecular formula is C21H17F2NO2. The van der Waals surface area contributed by atoms with Gasteiger partial charge in [0.25, 0.3) is 0 Å². The van der Waals surface area contributed by atoms with Gasteiger partial charge in [-0.15, -0.1) is 0 Å². The number of nitrogens with one attached hydrogen (secondary N) is 1. The van der Waals surface area contributed by atoms with E-state index in [0.29, 0.717) is 0 Å². The molecule has 1 N–H and O–H groups in total. The fraction of sp³-hybridized carbons (Fsp3) is 0.0952. The molecule has 26 heavy (non-hydrogen) atoms. The fourth-order valence-corrected chi connectivity index (χ4v) is 2.76. The molecule has 3 nitrogen and oxygen atoms in total. The summed E-state index contributed by atoms with van der Waals surface area (Å²) in [6, 6.07) is 24.7. The van der Waals surface area contributed by atoms with Gasteiger partial charge in [-0.2, -0.15) is 8.78 Å². The Bertz CT molecular complexity index is 815. The molecular weight excluding hydrogens is 336 g/mol. The van der Waals surface area contributed by atoms with Crippen molar-refractivity contribution in [2.24, 2.45) is 0 Å². The lowest BCUT2D eigenvalue weighted by Gasteiger charge is -2.19. The highest BCUT2D eigenvalue weighted by atomic mass is 19.3. The molecule has 0 heterocycles. The topological polar surface area (TPSA) is 38.3 Å². The summed E-state index contributed by atoms with van der Waals surface area (Å²) in [6.45, 7) is -2.97. The van der Waals surface area contributed by atoms with Crippen LogP contribution in [0.15, 0.2) is 84.9 Å². The van der Waals surface area contributed by atoms with Crippen molar-refractivity contribution in [3.05, 3.63) is 96.1 Å². The average Bonchev–Trinajstić information content (AvgIpc) is 2.65. The van der Waals surface area contributed by atoms with E-state index in [1.165, 1.54) is 12.1 Å². The Morgan fingerprint density at radius 1 is 0.769 bits per heavy atom. The van der Waals surface area contributed by atoms with Crippen LogP contribution >= 0.6 is 0 Å². The van der Waals surface area contributed by atoms with Gasteiger partial charge in [-0.1, -0.05) is 72.8 Å². The SMILES string of the molecule is O=C(Nc1ccccc1OC(F)F)C(c1ccccc1)c1ccccc1. The fourth-order valence-electron chi connectivity index (χ4n) is 2.76. The predicted molar refractivity (Wildman–Crippen MR) is 96.4 cm³/mol. The number of para-hydroxylation sites is 2. The lowest BCUT2D eigenvalue weighted by Crippen LogP contribution is -2.22. The van der Waals surface area contributed by atoms with E-state index in [0.717, 1.165) is 11.1 Å². The number of ether oxygens (including phenoxy) is 1. The number of carbonyl (C=O) groups excluding carboxylic acids is 1. The summed E-state index contributed by atoms with van der Waals surface area (Å²) in [5.41, 5.74) is 1.82. The summed E-state index contributed by atoms with van der Waals surface area (Å²) < 4.78 is 29.7. The first kappa shape index (κ1) is 17.6. The highest BCUT2D eigenvalue weighted by Gasteiger charge is 2.23. The molecule has 132 valence electrons. The van der Waals surface area contributed by atoms with Gasteiger partial charge in [0.15, 0.2) is 0 Å². The number of carbonyl (C=O) groups is 1. The van der Waals surface area contributed by atoms with Crippen LogP contribution in [0.3, 0.4) is 0 Å². The first-order valence-corrected chi connectivity index (χ1v) is 8.10. The second kappa shape index (κ2) is 8.25. The standard InChI is InChI=1S/C21H17F2NO2/c22-21(23)26-18-14-8-7-13-17(18)24-20(25)19(15-9-3-1-4-10-15)16-11-5-2-6-12-16/h1-14,19,21H,(H,24,25). The Morgan fingerprint density at radius 2 is 1.27 bits per heavy atom. The minimum absolute atomic E-state index is 0.0734. The molecule has 0 bridgehead atoms. The van der Waals surface area contributed by atoms with Crippen molar-refractivity contribution in [2.45, 2.75) is 12.5 Å². The maximum absolute atomic E-state index is 13.0. The molecule has 3 aromatic rings. The van der Waals surface area contributed by atoms with Crippen LogP contribution in [0.4, 0.5) is 14.5 Å². The number of alkyl halides is 2. The van der Waals surface area contributed by atoms with E-state index in [4.69, 9.17) is 0 Å². The van der Waals surface area contributed by atoms with Gasteiger partial charge in [0.2, 0.25) is 5.91 Å². The first-order chi connectivity index (χ1) is 12.6. The number of hydrogen-bond acceptors (Lipinski definition) is 2. The highest BCUT2D eigenvalue weighted by molar-refractivity contribution is 5.99. The largest absolute Gasteiger partial charge is 0.433 e. The Hall–Kier alpha value is -3.21. The second-order valence-electron chi connectivity index (χ2n) is 5.62.